The highest BCUT2D eigenvalue weighted by Gasteiger charge is 2.24. The van der Waals surface area contributed by atoms with Gasteiger partial charge in [-0.1, -0.05) is 12.1 Å². The highest BCUT2D eigenvalue weighted by Crippen LogP contribution is 2.19. The highest BCUT2D eigenvalue weighted by atomic mass is 16.5. The third kappa shape index (κ3) is 3.52. The van der Waals surface area contributed by atoms with Crippen LogP contribution in [0.15, 0.2) is 24.3 Å². The number of carboxylic acids is 2. The number of ether oxygens (including phenoxy) is 1. The van der Waals surface area contributed by atoms with Crippen molar-refractivity contribution in [2.75, 3.05) is 13.2 Å². The van der Waals surface area contributed by atoms with E-state index in [4.69, 9.17) is 14.9 Å². The van der Waals surface area contributed by atoms with E-state index >= 15 is 0 Å². The van der Waals surface area contributed by atoms with Crippen LogP contribution < -0.4 is 5.32 Å². The zero-order valence-electron chi connectivity index (χ0n) is 10.2. The normalized spacial score (nSPS) is 22.9. The number of carbonyl (C=O) groups is 2. The number of hydrogen-bond donors (Lipinski definition) is 3. The fraction of sp³-hybridized carbons (Fsp3) is 0.385. The summed E-state index contributed by atoms with van der Waals surface area (Å²) in [5, 5.41) is 20.8. The van der Waals surface area contributed by atoms with Crippen LogP contribution in [0.25, 0.3) is 0 Å². The molecule has 0 amide bonds. The summed E-state index contributed by atoms with van der Waals surface area (Å²) in [6, 6.07) is 6.53. The Morgan fingerprint density at radius 1 is 1.37 bits per heavy atom. The number of rotatable bonds is 4. The molecular formula is C13H15NO5. The molecule has 0 aliphatic carbocycles. The summed E-state index contributed by atoms with van der Waals surface area (Å²) in [4.78, 5) is 21.5. The summed E-state index contributed by atoms with van der Waals surface area (Å²) >= 11 is 0. The van der Waals surface area contributed by atoms with Gasteiger partial charge in [0.2, 0.25) is 0 Å². The molecule has 0 bridgehead atoms. The summed E-state index contributed by atoms with van der Waals surface area (Å²) in [5.74, 6) is -1.86. The van der Waals surface area contributed by atoms with Gasteiger partial charge in [0.25, 0.3) is 0 Å². The van der Waals surface area contributed by atoms with Crippen molar-refractivity contribution in [3.8, 4) is 0 Å². The minimum absolute atomic E-state index is 0.0329. The molecule has 2 atom stereocenters. The molecule has 6 nitrogen and oxygen atoms in total. The van der Waals surface area contributed by atoms with Crippen LogP contribution in [0.2, 0.25) is 0 Å². The van der Waals surface area contributed by atoms with Gasteiger partial charge in [0.05, 0.1) is 30.7 Å². The van der Waals surface area contributed by atoms with Crippen LogP contribution in [0.3, 0.4) is 0 Å². The Morgan fingerprint density at radius 3 is 2.74 bits per heavy atom. The topological polar surface area (TPSA) is 95.9 Å². The molecule has 0 aromatic heterocycles. The fourth-order valence-corrected chi connectivity index (χ4v) is 2.05. The first kappa shape index (κ1) is 13.5. The summed E-state index contributed by atoms with van der Waals surface area (Å²) in [6.07, 6.45) is -0.370. The molecule has 0 spiro atoms. The van der Waals surface area contributed by atoms with Crippen LogP contribution in [-0.2, 0) is 9.53 Å². The van der Waals surface area contributed by atoms with Crippen LogP contribution in [0.5, 0.6) is 0 Å². The lowest BCUT2D eigenvalue weighted by molar-refractivity contribution is -0.141. The summed E-state index contributed by atoms with van der Waals surface area (Å²) in [7, 11) is 0. The molecule has 0 unspecified atom stereocenters. The van der Waals surface area contributed by atoms with Crippen LogP contribution in [0.1, 0.15) is 28.4 Å². The van der Waals surface area contributed by atoms with Crippen molar-refractivity contribution < 1.29 is 24.5 Å². The molecular weight excluding hydrogens is 250 g/mol. The summed E-state index contributed by atoms with van der Waals surface area (Å²) in [5.41, 5.74) is 1.06. The second-order valence-electron chi connectivity index (χ2n) is 4.44. The van der Waals surface area contributed by atoms with E-state index in [1.54, 1.807) is 12.1 Å². The van der Waals surface area contributed by atoms with E-state index in [2.05, 4.69) is 5.32 Å². The molecule has 1 aromatic carbocycles. The van der Waals surface area contributed by atoms with Gasteiger partial charge in [-0.15, -0.1) is 0 Å². The van der Waals surface area contributed by atoms with Gasteiger partial charge < -0.3 is 20.3 Å². The quantitative estimate of drug-likeness (QED) is 0.748. The lowest BCUT2D eigenvalue weighted by Gasteiger charge is -2.30. The minimum Gasteiger partial charge on any atom is -0.481 e. The monoisotopic (exact) mass is 265 g/mol. The Kier molecular flexibility index (Phi) is 4.13. The molecule has 2 rings (SSSR count). The average molecular weight is 265 g/mol. The molecule has 102 valence electrons. The standard InChI is InChI=1S/C13H15NO5/c15-12(16)5-10-6-14-11(7-19-10)8-2-1-3-9(4-8)13(17)18/h1-4,10-11,14H,5-7H2,(H,15,16)(H,17,18)/t10-,11-/m0/s1. The third-order valence-corrected chi connectivity index (χ3v) is 3.03. The molecule has 1 aliphatic rings. The summed E-state index contributed by atoms with van der Waals surface area (Å²) in [6.45, 7) is 0.773. The molecule has 1 fully saturated rings. The van der Waals surface area contributed by atoms with Crippen LogP contribution >= 0.6 is 0 Å². The molecule has 0 saturated carbocycles. The van der Waals surface area contributed by atoms with Crippen molar-refractivity contribution in [2.45, 2.75) is 18.6 Å². The first-order chi connectivity index (χ1) is 9.06. The SMILES string of the molecule is O=C(O)C[C@H]1CN[C@H](c2cccc(C(=O)O)c2)CO1. The number of aliphatic carboxylic acids is 1. The van der Waals surface area contributed by atoms with Crippen molar-refractivity contribution in [3.63, 3.8) is 0 Å². The zero-order chi connectivity index (χ0) is 13.8. The van der Waals surface area contributed by atoms with Crippen LogP contribution in [0.4, 0.5) is 0 Å². The Hall–Kier alpha value is -1.92. The van der Waals surface area contributed by atoms with E-state index < -0.39 is 11.9 Å². The lowest BCUT2D eigenvalue weighted by atomic mass is 10.0. The number of benzene rings is 1. The van der Waals surface area contributed by atoms with E-state index in [-0.39, 0.29) is 24.1 Å². The van der Waals surface area contributed by atoms with Crippen molar-refractivity contribution >= 4 is 11.9 Å². The van der Waals surface area contributed by atoms with Gasteiger partial charge >= 0.3 is 11.9 Å². The van der Waals surface area contributed by atoms with E-state index in [0.717, 1.165) is 5.56 Å². The molecule has 1 aliphatic heterocycles. The fourth-order valence-electron chi connectivity index (χ4n) is 2.05. The van der Waals surface area contributed by atoms with Crippen LogP contribution in [-0.4, -0.2) is 41.4 Å². The number of aromatic carboxylic acids is 1. The average Bonchev–Trinajstić information content (AvgIpc) is 2.39. The van der Waals surface area contributed by atoms with E-state index in [0.29, 0.717) is 13.2 Å². The van der Waals surface area contributed by atoms with Crippen molar-refractivity contribution in [2.24, 2.45) is 0 Å². The Balaban J connectivity index is 1.99. The van der Waals surface area contributed by atoms with Gasteiger partial charge in [0.15, 0.2) is 0 Å². The lowest BCUT2D eigenvalue weighted by Crippen LogP contribution is -2.42. The van der Waals surface area contributed by atoms with Gasteiger partial charge in [0, 0.05) is 6.54 Å². The van der Waals surface area contributed by atoms with Crippen LogP contribution in [0, 0.1) is 0 Å². The second kappa shape index (κ2) is 5.81. The van der Waals surface area contributed by atoms with Gasteiger partial charge in [-0.05, 0) is 17.7 Å². The maximum Gasteiger partial charge on any atom is 0.335 e. The first-order valence-electron chi connectivity index (χ1n) is 5.96. The largest absolute Gasteiger partial charge is 0.481 e. The molecule has 0 radical (unpaired) electrons. The number of nitrogens with one attached hydrogen (secondary N) is 1. The summed E-state index contributed by atoms with van der Waals surface area (Å²) < 4.78 is 5.47. The molecule has 1 saturated heterocycles. The maximum atomic E-state index is 10.9. The Labute approximate surface area is 110 Å². The number of morpholine rings is 1. The Bertz CT molecular complexity index is 480. The third-order valence-electron chi connectivity index (χ3n) is 3.03. The number of hydrogen-bond acceptors (Lipinski definition) is 4. The van der Waals surface area contributed by atoms with E-state index in [9.17, 15) is 9.59 Å². The van der Waals surface area contributed by atoms with Gasteiger partial charge in [0.1, 0.15) is 0 Å². The smallest absolute Gasteiger partial charge is 0.335 e. The first-order valence-corrected chi connectivity index (χ1v) is 5.96. The molecule has 3 N–H and O–H groups in total. The van der Waals surface area contributed by atoms with Crippen molar-refractivity contribution in [3.05, 3.63) is 35.4 Å². The second-order valence-corrected chi connectivity index (χ2v) is 4.44. The molecule has 19 heavy (non-hydrogen) atoms. The zero-order valence-corrected chi connectivity index (χ0v) is 10.2. The predicted molar refractivity (Wildman–Crippen MR) is 66.1 cm³/mol. The van der Waals surface area contributed by atoms with E-state index in [1.165, 1.54) is 6.07 Å². The molecule has 6 heteroatoms. The van der Waals surface area contributed by atoms with Crippen molar-refractivity contribution in [1.82, 2.24) is 5.32 Å². The molecule has 1 heterocycles. The maximum absolute atomic E-state index is 10.9. The Morgan fingerprint density at radius 2 is 2.16 bits per heavy atom. The van der Waals surface area contributed by atoms with Gasteiger partial charge in [-0.2, -0.15) is 0 Å². The molecule has 1 aromatic rings. The predicted octanol–water partition coefficient (Wildman–Crippen LogP) is 0.889. The van der Waals surface area contributed by atoms with Crippen molar-refractivity contribution in [1.29, 1.82) is 0 Å². The highest BCUT2D eigenvalue weighted by molar-refractivity contribution is 5.87. The van der Waals surface area contributed by atoms with E-state index in [1.807, 2.05) is 6.07 Å². The van der Waals surface area contributed by atoms with Gasteiger partial charge in [-0.25, -0.2) is 4.79 Å². The minimum atomic E-state index is -0.970. The van der Waals surface area contributed by atoms with Gasteiger partial charge in [-0.3, -0.25) is 4.79 Å². The number of carboxylic acid groups (broad SMARTS) is 2.